The van der Waals surface area contributed by atoms with Gasteiger partial charge in [-0.15, -0.1) is 4.40 Å². The number of amides is 1. The van der Waals surface area contributed by atoms with E-state index in [1.165, 1.54) is 0 Å². The molecule has 9 heteroatoms. The second-order valence-electron chi connectivity index (χ2n) is 6.92. The highest BCUT2D eigenvalue weighted by atomic mass is 32.2. The standard InChI is InChI=1S/C19H27N3O5S/c1-26-12-13-27-11-5-9-20-19(23)15-6-4-10-22(14-15)18-16-7-2-3-8-17(16)28(24,25)21-18/h2-3,7-8,15H,4-6,9-14H2,1H3,(H,20,23). The third kappa shape index (κ3) is 4.89. The number of sulfonamides is 1. The summed E-state index contributed by atoms with van der Waals surface area (Å²) in [4.78, 5) is 14.7. The lowest BCUT2D eigenvalue weighted by atomic mass is 9.96. The Morgan fingerprint density at radius 1 is 1.29 bits per heavy atom. The van der Waals surface area contributed by atoms with Gasteiger partial charge in [0, 0.05) is 38.9 Å². The van der Waals surface area contributed by atoms with Gasteiger partial charge in [0.25, 0.3) is 10.0 Å². The molecule has 2 heterocycles. The van der Waals surface area contributed by atoms with Crippen LogP contribution in [0.2, 0.25) is 0 Å². The molecule has 154 valence electrons. The number of carbonyl (C=O) groups excluding carboxylic acids is 1. The topological polar surface area (TPSA) is 97.3 Å². The summed E-state index contributed by atoms with van der Waals surface area (Å²) in [6.07, 6.45) is 2.35. The third-order valence-electron chi connectivity index (χ3n) is 4.90. The van der Waals surface area contributed by atoms with E-state index in [-0.39, 0.29) is 16.7 Å². The van der Waals surface area contributed by atoms with Gasteiger partial charge in [0.2, 0.25) is 5.91 Å². The van der Waals surface area contributed by atoms with Crippen LogP contribution in [-0.2, 0) is 24.3 Å². The molecule has 2 aliphatic rings. The van der Waals surface area contributed by atoms with Crippen molar-refractivity contribution in [2.75, 3.05) is 46.6 Å². The first-order chi connectivity index (χ1) is 13.5. The molecule has 1 unspecified atom stereocenters. The molecule has 1 aromatic rings. The molecule has 3 rings (SSSR count). The zero-order valence-corrected chi connectivity index (χ0v) is 16.9. The molecule has 0 saturated carbocycles. The van der Waals surface area contributed by atoms with E-state index in [4.69, 9.17) is 9.47 Å². The lowest BCUT2D eigenvalue weighted by Crippen LogP contribution is -2.45. The SMILES string of the molecule is COCCOCCCNC(=O)C1CCCN(C2=NS(=O)(=O)c3ccccc32)C1. The van der Waals surface area contributed by atoms with Gasteiger partial charge in [-0.05, 0) is 31.4 Å². The van der Waals surface area contributed by atoms with Crippen LogP contribution in [0.5, 0.6) is 0 Å². The van der Waals surface area contributed by atoms with Crippen LogP contribution in [0.15, 0.2) is 33.6 Å². The molecule has 1 saturated heterocycles. The Morgan fingerprint density at radius 2 is 2.11 bits per heavy atom. The van der Waals surface area contributed by atoms with Crippen molar-refractivity contribution >= 4 is 21.8 Å². The molecule has 8 nitrogen and oxygen atoms in total. The number of nitrogens with one attached hydrogen (secondary N) is 1. The van der Waals surface area contributed by atoms with Crippen molar-refractivity contribution in [1.82, 2.24) is 10.2 Å². The second-order valence-corrected chi connectivity index (χ2v) is 8.49. The molecule has 1 amide bonds. The van der Waals surface area contributed by atoms with Crippen molar-refractivity contribution in [3.63, 3.8) is 0 Å². The van der Waals surface area contributed by atoms with E-state index < -0.39 is 10.0 Å². The molecule has 0 radical (unpaired) electrons. The van der Waals surface area contributed by atoms with E-state index in [1.54, 1.807) is 31.4 Å². The minimum atomic E-state index is -3.65. The maximum atomic E-state index is 12.5. The fourth-order valence-corrected chi connectivity index (χ4v) is 4.70. The number of benzene rings is 1. The minimum Gasteiger partial charge on any atom is -0.382 e. The van der Waals surface area contributed by atoms with Crippen LogP contribution in [0.4, 0.5) is 0 Å². The quantitative estimate of drug-likeness (QED) is 0.644. The van der Waals surface area contributed by atoms with E-state index >= 15 is 0 Å². The first kappa shape index (κ1) is 20.8. The molecule has 1 aromatic carbocycles. The maximum Gasteiger partial charge on any atom is 0.285 e. The Balaban J connectivity index is 1.53. The lowest BCUT2D eigenvalue weighted by Gasteiger charge is -2.33. The molecule has 1 N–H and O–H groups in total. The average Bonchev–Trinajstić information content (AvgIpc) is 2.99. The number of rotatable bonds is 8. The molecule has 0 bridgehead atoms. The monoisotopic (exact) mass is 409 g/mol. The molecule has 1 atom stereocenters. The summed E-state index contributed by atoms with van der Waals surface area (Å²) in [6.45, 7) is 3.41. The van der Waals surface area contributed by atoms with Crippen LogP contribution < -0.4 is 5.32 Å². The number of hydrogen-bond acceptors (Lipinski definition) is 6. The molecule has 28 heavy (non-hydrogen) atoms. The average molecular weight is 410 g/mol. The van der Waals surface area contributed by atoms with Gasteiger partial charge in [-0.2, -0.15) is 8.42 Å². The summed E-state index contributed by atoms with van der Waals surface area (Å²) in [5.74, 6) is 0.275. The normalized spacial score (nSPS) is 20.5. The zero-order chi connectivity index (χ0) is 20.0. The van der Waals surface area contributed by atoms with Crippen LogP contribution in [-0.4, -0.2) is 71.6 Å². The van der Waals surface area contributed by atoms with Gasteiger partial charge < -0.3 is 19.7 Å². The van der Waals surface area contributed by atoms with Gasteiger partial charge in [0.1, 0.15) is 4.90 Å². The van der Waals surface area contributed by atoms with Crippen molar-refractivity contribution in [2.45, 2.75) is 24.2 Å². The number of amidine groups is 1. The lowest BCUT2D eigenvalue weighted by molar-refractivity contribution is -0.126. The number of ether oxygens (including phenoxy) is 2. The van der Waals surface area contributed by atoms with Crippen molar-refractivity contribution in [2.24, 2.45) is 10.3 Å². The summed E-state index contributed by atoms with van der Waals surface area (Å²) in [5, 5.41) is 2.95. The van der Waals surface area contributed by atoms with Crippen LogP contribution in [0.3, 0.4) is 0 Å². The molecule has 2 aliphatic heterocycles. The summed E-state index contributed by atoms with van der Waals surface area (Å²) < 4.78 is 38.8. The molecule has 1 fully saturated rings. The largest absolute Gasteiger partial charge is 0.382 e. The van der Waals surface area contributed by atoms with Crippen molar-refractivity contribution in [3.8, 4) is 0 Å². The fraction of sp³-hybridized carbons (Fsp3) is 0.579. The van der Waals surface area contributed by atoms with Crippen LogP contribution >= 0.6 is 0 Å². The third-order valence-corrected chi connectivity index (χ3v) is 6.23. The van der Waals surface area contributed by atoms with E-state index in [1.807, 2.05) is 4.90 Å². The Labute approximate surface area is 166 Å². The number of fused-ring (bicyclic) bond motifs is 1. The molecular formula is C19H27N3O5S. The smallest absolute Gasteiger partial charge is 0.285 e. The number of nitrogens with zero attached hydrogens (tertiary/aromatic N) is 2. The number of piperidine rings is 1. The van der Waals surface area contributed by atoms with E-state index in [2.05, 4.69) is 9.71 Å². The Hall–Kier alpha value is -1.97. The predicted octanol–water partition coefficient (Wildman–Crippen LogP) is 1.02. The number of hydrogen-bond donors (Lipinski definition) is 1. The highest BCUT2D eigenvalue weighted by molar-refractivity contribution is 7.90. The van der Waals surface area contributed by atoms with Crippen molar-refractivity contribution < 1.29 is 22.7 Å². The summed E-state index contributed by atoms with van der Waals surface area (Å²) in [6, 6.07) is 6.84. The summed E-state index contributed by atoms with van der Waals surface area (Å²) in [5.41, 5.74) is 0.622. The van der Waals surface area contributed by atoms with Crippen molar-refractivity contribution in [1.29, 1.82) is 0 Å². The number of carbonyl (C=O) groups is 1. The van der Waals surface area contributed by atoms with E-state index in [0.29, 0.717) is 50.9 Å². The Kier molecular flexibility index (Phi) is 7.03. The first-order valence-corrected chi connectivity index (χ1v) is 11.0. The molecule has 0 aliphatic carbocycles. The second kappa shape index (κ2) is 9.49. The van der Waals surface area contributed by atoms with E-state index in [0.717, 1.165) is 19.3 Å². The predicted molar refractivity (Wildman–Crippen MR) is 105 cm³/mol. The Morgan fingerprint density at radius 3 is 2.93 bits per heavy atom. The van der Waals surface area contributed by atoms with Gasteiger partial charge in [0.15, 0.2) is 5.84 Å². The number of likely N-dealkylation sites (tertiary alicyclic amines) is 1. The van der Waals surface area contributed by atoms with Crippen LogP contribution in [0.25, 0.3) is 0 Å². The number of methoxy groups -OCH3 is 1. The van der Waals surface area contributed by atoms with E-state index in [9.17, 15) is 13.2 Å². The zero-order valence-electron chi connectivity index (χ0n) is 16.1. The minimum absolute atomic E-state index is 0.00340. The van der Waals surface area contributed by atoms with Gasteiger partial charge >= 0.3 is 0 Å². The summed E-state index contributed by atoms with van der Waals surface area (Å²) in [7, 11) is -2.02. The Bertz CT molecular complexity index is 825. The maximum absolute atomic E-state index is 12.5. The fourth-order valence-electron chi connectivity index (χ4n) is 3.47. The van der Waals surface area contributed by atoms with Gasteiger partial charge in [-0.3, -0.25) is 4.79 Å². The van der Waals surface area contributed by atoms with Crippen LogP contribution in [0, 0.1) is 5.92 Å². The molecular weight excluding hydrogens is 382 g/mol. The van der Waals surface area contributed by atoms with Gasteiger partial charge in [-0.25, -0.2) is 0 Å². The highest BCUT2D eigenvalue weighted by Crippen LogP contribution is 2.29. The molecule has 0 aromatic heterocycles. The van der Waals surface area contributed by atoms with Crippen molar-refractivity contribution in [3.05, 3.63) is 29.8 Å². The van der Waals surface area contributed by atoms with Crippen LogP contribution in [0.1, 0.15) is 24.8 Å². The molecule has 0 spiro atoms. The van der Waals surface area contributed by atoms with Gasteiger partial charge in [0.05, 0.1) is 19.1 Å². The first-order valence-electron chi connectivity index (χ1n) is 9.56. The summed E-state index contributed by atoms with van der Waals surface area (Å²) >= 11 is 0. The van der Waals surface area contributed by atoms with Gasteiger partial charge in [-0.1, -0.05) is 12.1 Å². The highest BCUT2D eigenvalue weighted by Gasteiger charge is 2.35.